The Kier molecular flexibility index (Phi) is 7.55. The van der Waals surface area contributed by atoms with Crippen LogP contribution in [0.5, 0.6) is 23.0 Å². The lowest BCUT2D eigenvalue weighted by Gasteiger charge is -2.56. The Morgan fingerprint density at radius 3 is 2.15 bits per heavy atom. The number of piperazine rings is 2. The molecule has 0 spiro atoms. The normalized spacial score (nSPS) is 22.0. The Hall–Kier alpha value is -4.28. The van der Waals surface area contributed by atoms with Gasteiger partial charge in [0.1, 0.15) is 18.3 Å². The molecule has 0 aromatic heterocycles. The number of hydrogen-bond donors (Lipinski definition) is 0. The second-order valence-corrected chi connectivity index (χ2v) is 10.1. The molecule has 3 amide bonds. The molecule has 2 aromatic rings. The third kappa shape index (κ3) is 4.69. The molecule has 212 valence electrons. The van der Waals surface area contributed by atoms with E-state index in [-0.39, 0.29) is 48.0 Å². The topological polar surface area (TPSA) is 115 Å². The monoisotopic (exact) mass is 551 g/mol. The molecule has 11 heteroatoms. The van der Waals surface area contributed by atoms with Crippen LogP contribution in [0.4, 0.5) is 0 Å². The Balaban J connectivity index is 1.41. The van der Waals surface area contributed by atoms with E-state index < -0.39 is 23.8 Å². The van der Waals surface area contributed by atoms with Crippen LogP contribution in [0.15, 0.2) is 36.4 Å². The van der Waals surface area contributed by atoms with Crippen molar-refractivity contribution in [1.82, 2.24) is 14.7 Å². The SMILES string of the molecule is COc1ccc(CN2CC3C4CCCC(C(=O)N3CC2=O)N4C(=O)C(=O)c2cc(OC)c(OC)c(OC)c2)cc1. The molecule has 2 bridgehead atoms. The highest BCUT2D eigenvalue weighted by atomic mass is 16.5. The van der Waals surface area contributed by atoms with Crippen molar-refractivity contribution in [2.75, 3.05) is 41.5 Å². The van der Waals surface area contributed by atoms with Crippen LogP contribution in [-0.4, -0.2) is 97.9 Å². The van der Waals surface area contributed by atoms with Crippen molar-refractivity contribution in [2.45, 2.75) is 43.9 Å². The lowest BCUT2D eigenvalue weighted by Crippen LogP contribution is -2.75. The van der Waals surface area contributed by atoms with E-state index in [1.807, 2.05) is 24.3 Å². The fourth-order valence-electron chi connectivity index (χ4n) is 6.05. The molecule has 3 fully saturated rings. The van der Waals surface area contributed by atoms with Gasteiger partial charge in [0.25, 0.3) is 11.7 Å². The standard InChI is InChI=1S/C29H33N3O8/c1-37-19-10-8-17(9-11-19)14-30-15-22-20-6-5-7-21(28(35)31(22)16-25(30)33)32(20)29(36)26(34)18-12-23(38-2)27(40-4)24(13-18)39-3/h8-13,20-22H,5-7,14-16H2,1-4H3. The van der Waals surface area contributed by atoms with E-state index in [0.717, 1.165) is 17.7 Å². The van der Waals surface area contributed by atoms with Crippen LogP contribution in [0.3, 0.4) is 0 Å². The Morgan fingerprint density at radius 1 is 0.875 bits per heavy atom. The van der Waals surface area contributed by atoms with Gasteiger partial charge < -0.3 is 33.6 Å². The van der Waals surface area contributed by atoms with Crippen LogP contribution in [0, 0.1) is 0 Å². The molecule has 0 aliphatic carbocycles. The van der Waals surface area contributed by atoms with Crippen LogP contribution in [0.25, 0.3) is 0 Å². The summed E-state index contributed by atoms with van der Waals surface area (Å²) < 4.78 is 21.3. The summed E-state index contributed by atoms with van der Waals surface area (Å²) in [5, 5.41) is 0. The van der Waals surface area contributed by atoms with Gasteiger partial charge in [-0.2, -0.15) is 0 Å². The number of carbonyl (C=O) groups excluding carboxylic acids is 4. The highest BCUT2D eigenvalue weighted by Gasteiger charge is 2.54. The average Bonchev–Trinajstić information content (AvgIpc) is 2.99. The maximum Gasteiger partial charge on any atom is 0.295 e. The molecule has 3 saturated heterocycles. The number of carbonyl (C=O) groups is 4. The summed E-state index contributed by atoms with van der Waals surface area (Å²) in [6.07, 6.45) is 1.82. The minimum atomic E-state index is -0.783. The number of fused-ring (bicyclic) bond motifs is 4. The van der Waals surface area contributed by atoms with Gasteiger partial charge in [-0.05, 0) is 49.1 Å². The van der Waals surface area contributed by atoms with Crippen molar-refractivity contribution in [3.05, 3.63) is 47.5 Å². The van der Waals surface area contributed by atoms with E-state index in [4.69, 9.17) is 18.9 Å². The molecule has 0 radical (unpaired) electrons. The van der Waals surface area contributed by atoms with Crippen LogP contribution in [0.1, 0.15) is 35.2 Å². The van der Waals surface area contributed by atoms with Crippen LogP contribution in [-0.2, 0) is 20.9 Å². The fourth-order valence-corrected chi connectivity index (χ4v) is 6.05. The second-order valence-electron chi connectivity index (χ2n) is 10.1. The largest absolute Gasteiger partial charge is 0.497 e. The smallest absolute Gasteiger partial charge is 0.295 e. The maximum atomic E-state index is 13.8. The molecule has 3 atom stereocenters. The van der Waals surface area contributed by atoms with Gasteiger partial charge in [0.05, 0.1) is 40.5 Å². The predicted octanol–water partition coefficient (Wildman–Crippen LogP) is 1.91. The van der Waals surface area contributed by atoms with Crippen LogP contribution >= 0.6 is 0 Å². The molecule has 5 rings (SSSR count). The fraction of sp³-hybridized carbons (Fsp3) is 0.448. The summed E-state index contributed by atoms with van der Waals surface area (Å²) in [5.74, 6) is -0.431. The quantitative estimate of drug-likeness (QED) is 0.361. The average molecular weight is 552 g/mol. The highest BCUT2D eigenvalue weighted by Crippen LogP contribution is 2.40. The predicted molar refractivity (Wildman–Crippen MR) is 143 cm³/mol. The number of hydrogen-bond acceptors (Lipinski definition) is 8. The summed E-state index contributed by atoms with van der Waals surface area (Å²) in [5.41, 5.74) is 1.00. The zero-order chi connectivity index (χ0) is 28.6. The van der Waals surface area contributed by atoms with Crippen molar-refractivity contribution in [1.29, 1.82) is 0 Å². The molecule has 3 heterocycles. The van der Waals surface area contributed by atoms with Crippen LogP contribution in [0.2, 0.25) is 0 Å². The molecule has 3 aliphatic heterocycles. The molecule has 2 aromatic carbocycles. The van der Waals surface area contributed by atoms with E-state index >= 15 is 0 Å². The zero-order valence-corrected chi connectivity index (χ0v) is 23.0. The summed E-state index contributed by atoms with van der Waals surface area (Å²) in [6.45, 7) is 0.599. The van der Waals surface area contributed by atoms with E-state index in [1.165, 1.54) is 38.4 Å². The van der Waals surface area contributed by atoms with Crippen molar-refractivity contribution in [2.24, 2.45) is 0 Å². The molecule has 3 aliphatic rings. The van der Waals surface area contributed by atoms with E-state index in [2.05, 4.69) is 0 Å². The van der Waals surface area contributed by atoms with E-state index in [1.54, 1.807) is 16.9 Å². The first kappa shape index (κ1) is 27.3. The number of amides is 3. The summed E-state index contributed by atoms with van der Waals surface area (Å²) >= 11 is 0. The molecule has 0 saturated carbocycles. The number of Topliss-reactive ketones (excluding diaryl/α,β-unsaturated/α-hetero) is 1. The zero-order valence-electron chi connectivity index (χ0n) is 23.0. The third-order valence-corrected chi connectivity index (χ3v) is 8.04. The van der Waals surface area contributed by atoms with Gasteiger partial charge >= 0.3 is 0 Å². The highest BCUT2D eigenvalue weighted by molar-refractivity contribution is 6.43. The summed E-state index contributed by atoms with van der Waals surface area (Å²) in [4.78, 5) is 58.8. The first-order valence-corrected chi connectivity index (χ1v) is 13.2. The van der Waals surface area contributed by atoms with Gasteiger partial charge in [-0.15, -0.1) is 0 Å². The number of piperidine rings is 1. The van der Waals surface area contributed by atoms with Crippen molar-refractivity contribution in [3.8, 4) is 23.0 Å². The number of ketones is 1. The van der Waals surface area contributed by atoms with Gasteiger partial charge in [-0.3, -0.25) is 19.2 Å². The lowest BCUT2D eigenvalue weighted by atomic mass is 9.83. The van der Waals surface area contributed by atoms with Gasteiger partial charge in [0.2, 0.25) is 17.6 Å². The van der Waals surface area contributed by atoms with Gasteiger partial charge in [-0.25, -0.2) is 0 Å². The molecule has 11 nitrogen and oxygen atoms in total. The number of ether oxygens (including phenoxy) is 4. The minimum Gasteiger partial charge on any atom is -0.497 e. The molecule has 0 N–H and O–H groups in total. The Morgan fingerprint density at radius 2 is 1.55 bits per heavy atom. The van der Waals surface area contributed by atoms with Crippen molar-refractivity contribution >= 4 is 23.5 Å². The number of rotatable bonds is 8. The lowest BCUT2D eigenvalue weighted by molar-refractivity contribution is -0.172. The molecular weight excluding hydrogens is 518 g/mol. The van der Waals surface area contributed by atoms with Gasteiger partial charge in [0.15, 0.2) is 11.5 Å². The Bertz CT molecular complexity index is 1300. The van der Waals surface area contributed by atoms with E-state index in [0.29, 0.717) is 25.1 Å². The van der Waals surface area contributed by atoms with Crippen LogP contribution < -0.4 is 18.9 Å². The minimum absolute atomic E-state index is 0.0461. The number of nitrogens with zero attached hydrogens (tertiary/aromatic N) is 3. The number of methoxy groups -OCH3 is 4. The molecule has 40 heavy (non-hydrogen) atoms. The van der Waals surface area contributed by atoms with Crippen molar-refractivity contribution in [3.63, 3.8) is 0 Å². The first-order chi connectivity index (χ1) is 19.3. The maximum absolute atomic E-state index is 13.8. The number of benzene rings is 2. The van der Waals surface area contributed by atoms with E-state index in [9.17, 15) is 19.2 Å². The van der Waals surface area contributed by atoms with Gasteiger partial charge in [-0.1, -0.05) is 12.1 Å². The first-order valence-electron chi connectivity index (χ1n) is 13.2. The van der Waals surface area contributed by atoms with Crippen molar-refractivity contribution < 1.29 is 38.1 Å². The molecule has 3 unspecified atom stereocenters. The molecular formula is C29H33N3O8. The Labute approximate surface area is 232 Å². The second kappa shape index (κ2) is 11.1. The summed E-state index contributed by atoms with van der Waals surface area (Å²) in [6, 6.07) is 8.76. The van der Waals surface area contributed by atoms with Gasteiger partial charge in [0, 0.05) is 18.7 Å². The summed E-state index contributed by atoms with van der Waals surface area (Å²) in [7, 11) is 5.90. The third-order valence-electron chi connectivity index (χ3n) is 8.04.